The van der Waals surface area contributed by atoms with E-state index in [2.05, 4.69) is 19.9 Å². The molecule has 0 saturated carbocycles. The van der Waals surface area contributed by atoms with E-state index in [0.717, 1.165) is 41.0 Å². The van der Waals surface area contributed by atoms with E-state index in [9.17, 15) is 4.39 Å². The highest BCUT2D eigenvalue weighted by molar-refractivity contribution is 5.89. The van der Waals surface area contributed by atoms with Gasteiger partial charge in [0.2, 0.25) is 0 Å². The van der Waals surface area contributed by atoms with Crippen LogP contribution in [0.2, 0.25) is 0 Å². The fraction of sp³-hybridized carbons (Fsp3) is 0.278. The SMILES string of the molecule is Cc1cnccc1OC1CCN(c2ncnc3ccc(F)cc23)C1. The lowest BCUT2D eigenvalue weighted by Crippen LogP contribution is -2.25. The molecular formula is C18H17FN4O. The Morgan fingerprint density at radius 1 is 1.25 bits per heavy atom. The molecule has 1 aliphatic rings. The van der Waals surface area contributed by atoms with Crippen molar-refractivity contribution >= 4 is 16.7 Å². The molecule has 1 fully saturated rings. The van der Waals surface area contributed by atoms with Crippen molar-refractivity contribution < 1.29 is 9.13 Å². The zero-order chi connectivity index (χ0) is 16.5. The number of hydrogen-bond acceptors (Lipinski definition) is 5. The maximum atomic E-state index is 13.6. The van der Waals surface area contributed by atoms with Crippen molar-refractivity contribution in [3.05, 3.63) is 54.4 Å². The Morgan fingerprint density at radius 2 is 2.17 bits per heavy atom. The van der Waals surface area contributed by atoms with Crippen LogP contribution in [0.15, 0.2) is 43.0 Å². The summed E-state index contributed by atoms with van der Waals surface area (Å²) in [6, 6.07) is 6.47. The maximum Gasteiger partial charge on any atom is 0.140 e. The van der Waals surface area contributed by atoms with Crippen LogP contribution in [-0.2, 0) is 0 Å². The third-order valence-corrected chi connectivity index (χ3v) is 4.28. The maximum absolute atomic E-state index is 13.6. The van der Waals surface area contributed by atoms with Crippen molar-refractivity contribution in [2.75, 3.05) is 18.0 Å². The molecule has 122 valence electrons. The zero-order valence-electron chi connectivity index (χ0n) is 13.3. The van der Waals surface area contributed by atoms with E-state index in [1.165, 1.54) is 18.5 Å². The van der Waals surface area contributed by atoms with E-state index in [1.54, 1.807) is 18.5 Å². The summed E-state index contributed by atoms with van der Waals surface area (Å²) >= 11 is 0. The van der Waals surface area contributed by atoms with Crippen LogP contribution in [0.5, 0.6) is 5.75 Å². The number of halogens is 1. The van der Waals surface area contributed by atoms with Gasteiger partial charge >= 0.3 is 0 Å². The lowest BCUT2D eigenvalue weighted by atomic mass is 10.2. The van der Waals surface area contributed by atoms with Crippen LogP contribution < -0.4 is 9.64 Å². The normalized spacial score (nSPS) is 17.4. The quantitative estimate of drug-likeness (QED) is 0.741. The van der Waals surface area contributed by atoms with Gasteiger partial charge in [0.05, 0.1) is 12.1 Å². The molecular weight excluding hydrogens is 307 g/mol. The second-order valence-corrected chi connectivity index (χ2v) is 5.97. The second-order valence-electron chi connectivity index (χ2n) is 5.97. The molecule has 0 N–H and O–H groups in total. The van der Waals surface area contributed by atoms with Crippen molar-refractivity contribution in [3.63, 3.8) is 0 Å². The summed E-state index contributed by atoms with van der Waals surface area (Å²) in [5, 5.41) is 0.734. The van der Waals surface area contributed by atoms with Crippen LogP contribution >= 0.6 is 0 Å². The Bertz CT molecular complexity index is 886. The van der Waals surface area contributed by atoms with E-state index >= 15 is 0 Å². The number of hydrogen-bond donors (Lipinski definition) is 0. The molecule has 24 heavy (non-hydrogen) atoms. The van der Waals surface area contributed by atoms with Crippen molar-refractivity contribution in [2.24, 2.45) is 0 Å². The van der Waals surface area contributed by atoms with Crippen molar-refractivity contribution in [3.8, 4) is 5.75 Å². The average molecular weight is 324 g/mol. The molecule has 0 aliphatic carbocycles. The smallest absolute Gasteiger partial charge is 0.140 e. The van der Waals surface area contributed by atoms with E-state index in [0.29, 0.717) is 6.54 Å². The summed E-state index contributed by atoms with van der Waals surface area (Å²) in [6.07, 6.45) is 6.02. The third-order valence-electron chi connectivity index (χ3n) is 4.28. The number of anilines is 1. The average Bonchev–Trinajstić information content (AvgIpc) is 3.05. The first-order chi connectivity index (χ1) is 11.7. The molecule has 0 radical (unpaired) electrons. The molecule has 1 aromatic carbocycles. The molecule has 1 atom stereocenters. The Morgan fingerprint density at radius 3 is 3.04 bits per heavy atom. The lowest BCUT2D eigenvalue weighted by molar-refractivity contribution is 0.223. The number of pyridine rings is 1. The van der Waals surface area contributed by atoms with E-state index in [1.807, 2.05) is 13.0 Å². The van der Waals surface area contributed by atoms with E-state index in [-0.39, 0.29) is 11.9 Å². The highest BCUT2D eigenvalue weighted by Gasteiger charge is 2.26. The van der Waals surface area contributed by atoms with Gasteiger partial charge in [-0.1, -0.05) is 0 Å². The predicted molar refractivity (Wildman–Crippen MR) is 89.7 cm³/mol. The molecule has 0 spiro atoms. The summed E-state index contributed by atoms with van der Waals surface area (Å²) in [5.74, 6) is 1.34. The molecule has 1 aliphatic heterocycles. The fourth-order valence-corrected chi connectivity index (χ4v) is 3.06. The van der Waals surface area contributed by atoms with E-state index < -0.39 is 0 Å². The van der Waals surface area contributed by atoms with Crippen molar-refractivity contribution in [1.82, 2.24) is 15.0 Å². The summed E-state index contributed by atoms with van der Waals surface area (Å²) in [6.45, 7) is 3.51. The molecule has 2 aromatic heterocycles. The van der Waals surface area contributed by atoms with Gasteiger partial charge in [-0.05, 0) is 31.2 Å². The van der Waals surface area contributed by atoms with Crippen molar-refractivity contribution in [2.45, 2.75) is 19.4 Å². The van der Waals surface area contributed by atoms with Gasteiger partial charge in [0.1, 0.15) is 29.8 Å². The van der Waals surface area contributed by atoms with Crippen LogP contribution in [0.3, 0.4) is 0 Å². The van der Waals surface area contributed by atoms with Crippen LogP contribution in [0.1, 0.15) is 12.0 Å². The summed E-state index contributed by atoms with van der Waals surface area (Å²) in [4.78, 5) is 14.8. The third kappa shape index (κ3) is 2.75. The summed E-state index contributed by atoms with van der Waals surface area (Å²) in [5.41, 5.74) is 1.77. The molecule has 3 heterocycles. The number of benzene rings is 1. The van der Waals surface area contributed by atoms with Crippen LogP contribution in [0.25, 0.3) is 10.9 Å². The number of ether oxygens (including phenoxy) is 1. The summed E-state index contributed by atoms with van der Waals surface area (Å²) in [7, 11) is 0. The molecule has 0 amide bonds. The Kier molecular flexibility index (Phi) is 3.72. The standard InChI is InChI=1S/C18H17FN4O/c1-12-9-20-6-4-17(12)24-14-5-7-23(10-14)18-15-8-13(19)2-3-16(15)21-11-22-18/h2-4,6,8-9,11,14H,5,7,10H2,1H3. The topological polar surface area (TPSA) is 51.1 Å². The van der Waals surface area contributed by atoms with Crippen LogP contribution in [0, 0.1) is 12.7 Å². The van der Waals surface area contributed by atoms with Crippen molar-refractivity contribution in [1.29, 1.82) is 0 Å². The number of nitrogens with zero attached hydrogens (tertiary/aromatic N) is 4. The Balaban J connectivity index is 1.57. The number of rotatable bonds is 3. The first-order valence-electron chi connectivity index (χ1n) is 7.93. The van der Waals surface area contributed by atoms with Gasteiger partial charge in [-0.25, -0.2) is 14.4 Å². The summed E-state index contributed by atoms with van der Waals surface area (Å²) < 4.78 is 19.7. The minimum atomic E-state index is -0.280. The predicted octanol–water partition coefficient (Wildman–Crippen LogP) is 3.13. The largest absolute Gasteiger partial charge is 0.488 e. The van der Waals surface area contributed by atoms with Gasteiger partial charge < -0.3 is 9.64 Å². The molecule has 1 saturated heterocycles. The molecule has 3 aromatic rings. The van der Waals surface area contributed by atoms with Gasteiger partial charge in [-0.2, -0.15) is 0 Å². The van der Waals surface area contributed by atoms with Gasteiger partial charge in [0, 0.05) is 36.3 Å². The first-order valence-corrected chi connectivity index (χ1v) is 7.93. The Labute approximate surface area is 139 Å². The molecule has 5 nitrogen and oxygen atoms in total. The van der Waals surface area contributed by atoms with Crippen LogP contribution in [-0.4, -0.2) is 34.1 Å². The molecule has 6 heteroatoms. The number of aryl methyl sites for hydroxylation is 1. The molecule has 4 rings (SSSR count). The first kappa shape index (κ1) is 14.8. The lowest BCUT2D eigenvalue weighted by Gasteiger charge is -2.19. The number of aromatic nitrogens is 3. The molecule has 0 bridgehead atoms. The molecule has 1 unspecified atom stereocenters. The monoisotopic (exact) mass is 324 g/mol. The van der Waals surface area contributed by atoms with Gasteiger partial charge in [0.15, 0.2) is 0 Å². The minimum absolute atomic E-state index is 0.0738. The second kappa shape index (κ2) is 6.03. The fourth-order valence-electron chi connectivity index (χ4n) is 3.06. The minimum Gasteiger partial charge on any atom is -0.488 e. The van der Waals surface area contributed by atoms with Gasteiger partial charge in [-0.15, -0.1) is 0 Å². The van der Waals surface area contributed by atoms with Gasteiger partial charge in [-0.3, -0.25) is 4.98 Å². The highest BCUT2D eigenvalue weighted by Crippen LogP contribution is 2.28. The van der Waals surface area contributed by atoms with Gasteiger partial charge in [0.25, 0.3) is 0 Å². The van der Waals surface area contributed by atoms with Crippen LogP contribution in [0.4, 0.5) is 10.2 Å². The Hall–Kier alpha value is -2.76. The zero-order valence-corrected chi connectivity index (χ0v) is 13.3. The highest BCUT2D eigenvalue weighted by atomic mass is 19.1. The van der Waals surface area contributed by atoms with E-state index in [4.69, 9.17) is 4.74 Å². The number of fused-ring (bicyclic) bond motifs is 1.